The van der Waals surface area contributed by atoms with Crippen molar-refractivity contribution in [2.75, 3.05) is 18.5 Å². The molecule has 1 aliphatic heterocycles. The Morgan fingerprint density at radius 3 is 3.08 bits per heavy atom. The summed E-state index contributed by atoms with van der Waals surface area (Å²) in [5.41, 5.74) is 2.22. The Kier molecular flexibility index (Phi) is 4.86. The first-order chi connectivity index (χ1) is 12.7. The number of carbonyl (C=O) groups is 1. The third-order valence-corrected chi connectivity index (χ3v) is 5.27. The number of aryl methyl sites for hydroxylation is 1. The average Bonchev–Trinajstić information content (AvgIpc) is 3.28. The van der Waals surface area contributed by atoms with Gasteiger partial charge in [-0.05, 0) is 50.1 Å². The number of para-hydroxylation sites is 1. The molecule has 2 heterocycles. The lowest BCUT2D eigenvalue weighted by Crippen LogP contribution is -2.19. The zero-order valence-corrected chi connectivity index (χ0v) is 15.3. The number of amides is 1. The van der Waals surface area contributed by atoms with Gasteiger partial charge < -0.3 is 14.8 Å². The summed E-state index contributed by atoms with van der Waals surface area (Å²) in [4.78, 5) is 17.2. The van der Waals surface area contributed by atoms with Crippen LogP contribution in [0.1, 0.15) is 28.2 Å². The van der Waals surface area contributed by atoms with E-state index >= 15 is 0 Å². The molecular weight excluding hydrogens is 348 g/mol. The Labute approximate surface area is 156 Å². The Hall–Kier alpha value is -2.44. The molecule has 1 amide bonds. The van der Waals surface area contributed by atoms with Crippen LogP contribution in [0.25, 0.3) is 10.2 Å². The fourth-order valence-corrected chi connectivity index (χ4v) is 3.92. The molecule has 1 atom stereocenters. The summed E-state index contributed by atoms with van der Waals surface area (Å²) in [5.74, 6) is 0.392. The largest absolute Gasteiger partial charge is 0.490 e. The van der Waals surface area contributed by atoms with Gasteiger partial charge in [-0.15, -0.1) is 11.3 Å². The molecule has 6 heteroatoms. The van der Waals surface area contributed by atoms with Gasteiger partial charge in [-0.2, -0.15) is 0 Å². The van der Waals surface area contributed by atoms with Crippen LogP contribution >= 0.6 is 11.3 Å². The van der Waals surface area contributed by atoms with Crippen LogP contribution in [0.15, 0.2) is 42.5 Å². The standard InChI is InChI=1S/C20H20N2O3S/c1-13-21-17-9-8-14(11-19(17)26-13)22-20(23)16-6-2-3-7-18(16)25-12-15-5-4-10-24-15/h2-3,6-9,11,15H,4-5,10,12H2,1H3,(H,22,23)/t15-/m0/s1. The maximum Gasteiger partial charge on any atom is 0.259 e. The van der Waals surface area contributed by atoms with Crippen LogP contribution in [0.2, 0.25) is 0 Å². The minimum atomic E-state index is -0.187. The molecule has 3 aromatic rings. The molecule has 2 aromatic carbocycles. The number of ether oxygens (including phenoxy) is 2. The molecular formula is C20H20N2O3S. The molecule has 5 nitrogen and oxygen atoms in total. The monoisotopic (exact) mass is 368 g/mol. The van der Waals surface area contributed by atoms with Crippen molar-refractivity contribution in [2.45, 2.75) is 25.9 Å². The van der Waals surface area contributed by atoms with E-state index in [0.29, 0.717) is 17.9 Å². The average molecular weight is 368 g/mol. The number of nitrogens with zero attached hydrogens (tertiary/aromatic N) is 1. The van der Waals surface area contributed by atoms with Crippen molar-refractivity contribution in [3.8, 4) is 5.75 Å². The molecule has 0 spiro atoms. The van der Waals surface area contributed by atoms with Crippen molar-refractivity contribution in [3.05, 3.63) is 53.0 Å². The van der Waals surface area contributed by atoms with Gasteiger partial charge in [0, 0.05) is 12.3 Å². The molecule has 1 aliphatic rings. The number of anilines is 1. The highest BCUT2D eigenvalue weighted by Gasteiger charge is 2.18. The molecule has 1 saturated heterocycles. The number of aromatic nitrogens is 1. The maximum atomic E-state index is 12.7. The van der Waals surface area contributed by atoms with E-state index in [1.807, 2.05) is 43.3 Å². The summed E-state index contributed by atoms with van der Waals surface area (Å²) in [6.07, 6.45) is 2.18. The SMILES string of the molecule is Cc1nc2ccc(NC(=O)c3ccccc3OC[C@@H]3CCCO3)cc2s1. The first-order valence-electron chi connectivity index (χ1n) is 8.71. The van der Waals surface area contributed by atoms with E-state index in [1.165, 1.54) is 0 Å². The predicted molar refractivity (Wildman–Crippen MR) is 103 cm³/mol. The number of thiazole rings is 1. The van der Waals surface area contributed by atoms with E-state index in [4.69, 9.17) is 9.47 Å². The van der Waals surface area contributed by atoms with Gasteiger partial charge in [0.05, 0.1) is 26.9 Å². The third kappa shape index (κ3) is 3.71. The summed E-state index contributed by atoms with van der Waals surface area (Å²) >= 11 is 1.61. The molecule has 1 N–H and O–H groups in total. The number of rotatable bonds is 5. The molecule has 4 rings (SSSR count). The molecule has 134 valence electrons. The molecule has 26 heavy (non-hydrogen) atoms. The Morgan fingerprint density at radius 2 is 2.23 bits per heavy atom. The second-order valence-electron chi connectivity index (χ2n) is 6.31. The number of benzene rings is 2. The van der Waals surface area contributed by atoms with Gasteiger partial charge in [-0.3, -0.25) is 4.79 Å². The Balaban J connectivity index is 1.49. The zero-order valence-electron chi connectivity index (χ0n) is 14.5. The summed E-state index contributed by atoms with van der Waals surface area (Å²) in [6.45, 7) is 3.23. The highest BCUT2D eigenvalue weighted by molar-refractivity contribution is 7.18. The number of hydrogen-bond acceptors (Lipinski definition) is 5. The van der Waals surface area contributed by atoms with Gasteiger partial charge in [0.15, 0.2) is 0 Å². The minimum absolute atomic E-state index is 0.114. The summed E-state index contributed by atoms with van der Waals surface area (Å²) in [5, 5.41) is 3.97. The highest BCUT2D eigenvalue weighted by atomic mass is 32.1. The number of fused-ring (bicyclic) bond motifs is 1. The van der Waals surface area contributed by atoms with Crippen molar-refractivity contribution in [2.24, 2.45) is 0 Å². The van der Waals surface area contributed by atoms with Crippen LogP contribution in [-0.4, -0.2) is 30.2 Å². The normalized spacial score (nSPS) is 16.7. The second kappa shape index (κ2) is 7.43. The fourth-order valence-electron chi connectivity index (χ4n) is 3.05. The first kappa shape index (κ1) is 17.0. The van der Waals surface area contributed by atoms with Gasteiger partial charge in [-0.25, -0.2) is 4.98 Å². The van der Waals surface area contributed by atoms with Crippen LogP contribution in [0.4, 0.5) is 5.69 Å². The second-order valence-corrected chi connectivity index (χ2v) is 7.55. The molecule has 0 aliphatic carbocycles. The molecule has 0 radical (unpaired) electrons. The zero-order chi connectivity index (χ0) is 17.9. The van der Waals surface area contributed by atoms with Gasteiger partial charge in [0.25, 0.3) is 5.91 Å². The maximum absolute atomic E-state index is 12.7. The third-order valence-electron chi connectivity index (χ3n) is 4.33. The highest BCUT2D eigenvalue weighted by Crippen LogP contribution is 2.26. The molecule has 0 saturated carbocycles. The van der Waals surface area contributed by atoms with Crippen LogP contribution < -0.4 is 10.1 Å². The topological polar surface area (TPSA) is 60.5 Å². The first-order valence-corrected chi connectivity index (χ1v) is 9.53. The molecule has 1 aromatic heterocycles. The van der Waals surface area contributed by atoms with Crippen molar-refractivity contribution in [1.82, 2.24) is 4.98 Å². The van der Waals surface area contributed by atoms with E-state index in [9.17, 15) is 4.79 Å². The van der Waals surface area contributed by atoms with Crippen LogP contribution in [0, 0.1) is 6.92 Å². The van der Waals surface area contributed by atoms with Crippen molar-refractivity contribution < 1.29 is 14.3 Å². The van der Waals surface area contributed by atoms with E-state index < -0.39 is 0 Å². The van der Waals surface area contributed by atoms with E-state index in [0.717, 1.165) is 40.4 Å². The quantitative estimate of drug-likeness (QED) is 0.724. The van der Waals surface area contributed by atoms with Gasteiger partial charge in [0.2, 0.25) is 0 Å². The summed E-state index contributed by atoms with van der Waals surface area (Å²) in [7, 11) is 0. The van der Waals surface area contributed by atoms with Crippen molar-refractivity contribution in [3.63, 3.8) is 0 Å². The molecule has 0 bridgehead atoms. The lowest BCUT2D eigenvalue weighted by atomic mass is 10.1. The van der Waals surface area contributed by atoms with Crippen molar-refractivity contribution in [1.29, 1.82) is 0 Å². The van der Waals surface area contributed by atoms with Crippen LogP contribution in [-0.2, 0) is 4.74 Å². The number of hydrogen-bond donors (Lipinski definition) is 1. The van der Waals surface area contributed by atoms with Crippen LogP contribution in [0.3, 0.4) is 0 Å². The van der Waals surface area contributed by atoms with E-state index in [-0.39, 0.29) is 12.0 Å². The number of nitrogens with one attached hydrogen (secondary N) is 1. The Morgan fingerprint density at radius 1 is 1.35 bits per heavy atom. The minimum Gasteiger partial charge on any atom is -0.490 e. The van der Waals surface area contributed by atoms with Gasteiger partial charge >= 0.3 is 0 Å². The number of carbonyl (C=O) groups excluding carboxylic acids is 1. The van der Waals surface area contributed by atoms with Crippen molar-refractivity contribution >= 4 is 33.1 Å². The lowest BCUT2D eigenvalue weighted by molar-refractivity contribution is 0.0673. The molecule has 1 fully saturated rings. The summed E-state index contributed by atoms with van der Waals surface area (Å²) in [6, 6.07) is 13.0. The predicted octanol–water partition coefficient (Wildman–Crippen LogP) is 4.41. The summed E-state index contributed by atoms with van der Waals surface area (Å²) < 4.78 is 12.5. The Bertz CT molecular complexity index is 932. The smallest absolute Gasteiger partial charge is 0.259 e. The lowest BCUT2D eigenvalue weighted by Gasteiger charge is -2.14. The van der Waals surface area contributed by atoms with Gasteiger partial charge in [-0.1, -0.05) is 12.1 Å². The molecule has 0 unspecified atom stereocenters. The van der Waals surface area contributed by atoms with E-state index in [1.54, 1.807) is 17.4 Å². The van der Waals surface area contributed by atoms with E-state index in [2.05, 4.69) is 10.3 Å². The fraction of sp³-hybridized carbons (Fsp3) is 0.300. The van der Waals surface area contributed by atoms with Gasteiger partial charge in [0.1, 0.15) is 12.4 Å². The van der Waals surface area contributed by atoms with Crippen LogP contribution in [0.5, 0.6) is 5.75 Å².